The van der Waals surface area contributed by atoms with E-state index in [1.165, 1.54) is 0 Å². The maximum atomic E-state index is 11.3. The fraction of sp³-hybridized carbons (Fsp3) is 0.923. The van der Waals surface area contributed by atoms with Crippen LogP contribution in [0.3, 0.4) is 0 Å². The Morgan fingerprint density at radius 1 is 0.676 bits per heavy atom. The number of hydrogen-bond acceptors (Lipinski definition) is 9. The standard InChI is InChI=1S/2C13H24O5.Na/c2*1-6(2)10-8(13(16)17)5-9(18-7(3)4)11(14)12(10)15;/h2*6-12,14-15H,5H2,1-4H3,(H,16,17);/q;;+1/p-1. The molecule has 10 nitrogen and oxygen atoms in total. The molecule has 0 aromatic carbocycles. The molecule has 0 aliphatic heterocycles. The van der Waals surface area contributed by atoms with E-state index in [2.05, 4.69) is 0 Å². The smallest absolute Gasteiger partial charge is 0.550 e. The molecule has 0 spiro atoms. The second-order valence-corrected chi connectivity index (χ2v) is 11.4. The molecule has 2 rings (SSSR count). The predicted octanol–water partition coefficient (Wildman–Crippen LogP) is -2.57. The second kappa shape index (κ2) is 16.1. The Labute approximate surface area is 243 Å². The van der Waals surface area contributed by atoms with Crippen molar-refractivity contribution in [2.24, 2.45) is 35.5 Å². The molecule has 0 aromatic heterocycles. The van der Waals surface area contributed by atoms with Crippen LogP contribution in [0.4, 0.5) is 0 Å². The first-order valence-corrected chi connectivity index (χ1v) is 13.0. The second-order valence-electron chi connectivity index (χ2n) is 11.4. The van der Waals surface area contributed by atoms with Crippen LogP contribution >= 0.6 is 0 Å². The first-order chi connectivity index (χ1) is 16.5. The predicted molar refractivity (Wildman–Crippen MR) is 130 cm³/mol. The number of aliphatic hydroxyl groups is 4. The van der Waals surface area contributed by atoms with Crippen LogP contribution in [-0.2, 0) is 19.1 Å². The number of ether oxygens (including phenoxy) is 2. The first kappa shape index (κ1) is 36.7. The monoisotopic (exact) mass is 542 g/mol. The zero-order valence-electron chi connectivity index (χ0n) is 23.8. The normalized spacial score (nSPS) is 36.2. The van der Waals surface area contributed by atoms with E-state index in [0.29, 0.717) is 0 Å². The van der Waals surface area contributed by atoms with E-state index < -0.39 is 72.2 Å². The van der Waals surface area contributed by atoms with E-state index in [1.54, 1.807) is 0 Å². The molecule has 5 N–H and O–H groups in total. The van der Waals surface area contributed by atoms with Gasteiger partial charge in [-0.25, -0.2) is 0 Å². The topological polar surface area (TPSA) is 177 Å². The van der Waals surface area contributed by atoms with E-state index in [4.69, 9.17) is 9.47 Å². The fourth-order valence-corrected chi connectivity index (χ4v) is 5.67. The van der Waals surface area contributed by atoms with Crippen LogP contribution in [0.5, 0.6) is 0 Å². The number of carboxylic acids is 2. The van der Waals surface area contributed by atoms with Gasteiger partial charge in [0.15, 0.2) is 0 Å². The van der Waals surface area contributed by atoms with Gasteiger partial charge in [0.05, 0.1) is 42.5 Å². The van der Waals surface area contributed by atoms with Crippen molar-refractivity contribution < 1.29 is 79.3 Å². The van der Waals surface area contributed by atoms with Gasteiger partial charge in [0.25, 0.3) is 0 Å². The van der Waals surface area contributed by atoms with Gasteiger partial charge in [0.2, 0.25) is 0 Å². The van der Waals surface area contributed by atoms with Gasteiger partial charge in [-0.05, 0) is 58.3 Å². The third-order valence-corrected chi connectivity index (χ3v) is 7.21. The van der Waals surface area contributed by atoms with Crippen molar-refractivity contribution in [2.45, 2.75) is 117 Å². The molecule has 2 aliphatic rings. The summed E-state index contributed by atoms with van der Waals surface area (Å²) in [4.78, 5) is 22.5. The van der Waals surface area contributed by atoms with Crippen molar-refractivity contribution in [3.05, 3.63) is 0 Å². The summed E-state index contributed by atoms with van der Waals surface area (Å²) in [6.45, 7) is 14.6. The molecule has 2 fully saturated rings. The number of carboxylic acid groups (broad SMARTS) is 2. The van der Waals surface area contributed by atoms with Crippen LogP contribution in [0.2, 0.25) is 0 Å². The number of hydrogen-bond donors (Lipinski definition) is 5. The summed E-state index contributed by atoms with van der Waals surface area (Å²) in [6.07, 6.45) is -5.29. The number of rotatable bonds is 8. The summed E-state index contributed by atoms with van der Waals surface area (Å²) in [5.74, 6) is -4.57. The molecule has 37 heavy (non-hydrogen) atoms. The molecule has 212 valence electrons. The van der Waals surface area contributed by atoms with Crippen molar-refractivity contribution in [3.63, 3.8) is 0 Å². The zero-order chi connectivity index (χ0) is 28.1. The summed E-state index contributed by atoms with van der Waals surface area (Å²) >= 11 is 0. The van der Waals surface area contributed by atoms with Gasteiger partial charge >= 0.3 is 35.5 Å². The summed E-state index contributed by atoms with van der Waals surface area (Å²) in [5.41, 5.74) is 0. The average molecular weight is 543 g/mol. The Morgan fingerprint density at radius 2 is 1.00 bits per heavy atom. The van der Waals surface area contributed by atoms with Crippen molar-refractivity contribution in [2.75, 3.05) is 0 Å². The van der Waals surface area contributed by atoms with Crippen LogP contribution < -0.4 is 34.7 Å². The minimum Gasteiger partial charge on any atom is -0.550 e. The maximum absolute atomic E-state index is 11.3. The molecule has 0 bridgehead atoms. The Balaban J connectivity index is 0.000000682. The van der Waals surface area contributed by atoms with Crippen molar-refractivity contribution >= 4 is 11.9 Å². The van der Waals surface area contributed by atoms with Crippen molar-refractivity contribution in [1.29, 1.82) is 0 Å². The molecule has 0 heterocycles. The first-order valence-electron chi connectivity index (χ1n) is 13.0. The summed E-state index contributed by atoms with van der Waals surface area (Å²) < 4.78 is 11.0. The molecule has 11 heteroatoms. The van der Waals surface area contributed by atoms with Gasteiger partial charge in [0, 0.05) is 17.8 Å². The van der Waals surface area contributed by atoms with Crippen LogP contribution in [0, 0.1) is 35.5 Å². The number of aliphatic hydroxyl groups excluding tert-OH is 4. The molecule has 2 saturated carbocycles. The van der Waals surface area contributed by atoms with Crippen LogP contribution in [0.25, 0.3) is 0 Å². The summed E-state index contributed by atoms with van der Waals surface area (Å²) in [5, 5.41) is 60.7. The van der Waals surface area contributed by atoms with E-state index in [0.717, 1.165) is 0 Å². The minimum atomic E-state index is -1.18. The molecule has 0 saturated heterocycles. The van der Waals surface area contributed by atoms with Crippen molar-refractivity contribution in [1.82, 2.24) is 0 Å². The molecule has 0 aromatic rings. The van der Waals surface area contributed by atoms with Crippen molar-refractivity contribution in [3.8, 4) is 0 Å². The fourth-order valence-electron chi connectivity index (χ4n) is 5.67. The summed E-state index contributed by atoms with van der Waals surface area (Å²) in [6, 6.07) is 0. The summed E-state index contributed by atoms with van der Waals surface area (Å²) in [7, 11) is 0. The number of carbonyl (C=O) groups is 2. The Bertz CT molecular complexity index is 639. The Hall–Kier alpha value is -0.300. The van der Waals surface area contributed by atoms with Gasteiger partial charge < -0.3 is 44.9 Å². The molecule has 10 unspecified atom stereocenters. The van der Waals surface area contributed by atoms with Crippen LogP contribution in [0.1, 0.15) is 68.2 Å². The van der Waals surface area contributed by atoms with E-state index in [9.17, 15) is 40.2 Å². The van der Waals surface area contributed by atoms with Gasteiger partial charge in [-0.3, -0.25) is 4.79 Å². The molecular formula is C26H47NaO10. The Kier molecular flexibility index (Phi) is 16.0. The third kappa shape index (κ3) is 9.99. The van der Waals surface area contributed by atoms with E-state index in [1.807, 2.05) is 55.4 Å². The quantitative estimate of drug-likeness (QED) is 0.205. The molecular weight excluding hydrogens is 495 g/mol. The third-order valence-electron chi connectivity index (χ3n) is 7.21. The molecule has 10 atom stereocenters. The van der Waals surface area contributed by atoms with Gasteiger partial charge in [-0.2, -0.15) is 0 Å². The van der Waals surface area contributed by atoms with Crippen LogP contribution in [-0.4, -0.2) is 86.3 Å². The van der Waals surface area contributed by atoms with Crippen LogP contribution in [0.15, 0.2) is 0 Å². The Morgan fingerprint density at radius 3 is 1.27 bits per heavy atom. The maximum Gasteiger partial charge on any atom is 1.00 e. The molecule has 0 amide bonds. The van der Waals surface area contributed by atoms with E-state index in [-0.39, 0.29) is 66.4 Å². The number of aliphatic carboxylic acids is 2. The zero-order valence-corrected chi connectivity index (χ0v) is 25.8. The number of carbonyl (C=O) groups excluding carboxylic acids is 1. The van der Waals surface area contributed by atoms with Gasteiger partial charge in [0.1, 0.15) is 12.2 Å². The minimum absolute atomic E-state index is 0. The van der Waals surface area contributed by atoms with Gasteiger partial charge in [-0.1, -0.05) is 27.7 Å². The molecule has 2 aliphatic carbocycles. The largest absolute Gasteiger partial charge is 1.00 e. The molecule has 0 radical (unpaired) electrons. The SMILES string of the molecule is CC(C)OC1CC(C(=O)O)C(C(C)C)C(O)C1O.CC(C)OC1CC(C(=O)[O-])C(C(C)C)C(O)C1O.[Na+]. The van der Waals surface area contributed by atoms with Gasteiger partial charge in [-0.15, -0.1) is 0 Å². The van der Waals surface area contributed by atoms with E-state index >= 15 is 0 Å². The average Bonchev–Trinajstić information content (AvgIpc) is 2.73.